The lowest BCUT2D eigenvalue weighted by atomic mass is 10.2. The first kappa shape index (κ1) is 8.33. The maximum atomic E-state index is 8.03. The Morgan fingerprint density at radius 3 is 2.82 bits per heavy atom. The van der Waals surface area contributed by atoms with Crippen LogP contribution in [0.25, 0.3) is 10.4 Å². The number of rotatable bonds is 3. The van der Waals surface area contributed by atoms with Gasteiger partial charge in [-0.2, -0.15) is 0 Å². The highest BCUT2D eigenvalue weighted by molar-refractivity contribution is 4.64. The molecule has 0 aromatic carbocycles. The molecule has 11 heavy (non-hydrogen) atoms. The Balaban J connectivity index is 2.27. The van der Waals surface area contributed by atoms with Crippen LogP contribution in [-0.4, -0.2) is 26.0 Å². The van der Waals surface area contributed by atoms with Crippen molar-refractivity contribution in [3.63, 3.8) is 0 Å². The molecule has 1 atom stereocenters. The van der Waals surface area contributed by atoms with Crippen LogP contribution in [0.4, 0.5) is 0 Å². The van der Waals surface area contributed by atoms with Gasteiger partial charge in [0.15, 0.2) is 6.29 Å². The highest BCUT2D eigenvalue weighted by atomic mass is 16.7. The quantitative estimate of drug-likeness (QED) is 0.352. The predicted molar refractivity (Wildman–Crippen MR) is 38.9 cm³/mol. The standard InChI is InChI=1S/C6H11N3O2/c1-5(4-8-9-7)6-10-2-3-11-6/h5-6H,2-4H2,1H3/t5-/m1/s1. The maximum absolute atomic E-state index is 8.03. The van der Waals surface area contributed by atoms with Crippen molar-refractivity contribution in [3.8, 4) is 0 Å². The van der Waals surface area contributed by atoms with E-state index in [4.69, 9.17) is 15.0 Å². The van der Waals surface area contributed by atoms with Crippen molar-refractivity contribution >= 4 is 0 Å². The summed E-state index contributed by atoms with van der Waals surface area (Å²) >= 11 is 0. The summed E-state index contributed by atoms with van der Waals surface area (Å²) in [5, 5.41) is 3.44. The summed E-state index contributed by atoms with van der Waals surface area (Å²) in [4.78, 5) is 2.66. The summed E-state index contributed by atoms with van der Waals surface area (Å²) in [5.41, 5.74) is 8.03. The van der Waals surface area contributed by atoms with Crippen LogP contribution in [0.15, 0.2) is 5.11 Å². The Bertz CT molecular complexity index is 161. The molecule has 1 saturated heterocycles. The van der Waals surface area contributed by atoms with Gasteiger partial charge in [0.05, 0.1) is 13.2 Å². The second-order valence-electron chi connectivity index (χ2n) is 2.50. The van der Waals surface area contributed by atoms with Crippen LogP contribution >= 0.6 is 0 Å². The lowest BCUT2D eigenvalue weighted by Crippen LogP contribution is -2.20. The molecule has 0 aromatic heterocycles. The van der Waals surface area contributed by atoms with E-state index >= 15 is 0 Å². The molecule has 5 heteroatoms. The van der Waals surface area contributed by atoms with E-state index in [-0.39, 0.29) is 12.2 Å². The zero-order valence-corrected chi connectivity index (χ0v) is 6.43. The largest absolute Gasteiger partial charge is 0.350 e. The molecule has 0 spiro atoms. The third-order valence-electron chi connectivity index (χ3n) is 1.55. The van der Waals surface area contributed by atoms with Crippen molar-refractivity contribution in [2.24, 2.45) is 11.0 Å². The maximum Gasteiger partial charge on any atom is 0.160 e. The normalized spacial score (nSPS) is 21.2. The van der Waals surface area contributed by atoms with E-state index in [9.17, 15) is 0 Å². The van der Waals surface area contributed by atoms with E-state index in [1.165, 1.54) is 0 Å². The summed E-state index contributed by atoms with van der Waals surface area (Å²) in [6.45, 7) is 3.66. The monoisotopic (exact) mass is 157 g/mol. The summed E-state index contributed by atoms with van der Waals surface area (Å²) in [6, 6.07) is 0. The van der Waals surface area contributed by atoms with Gasteiger partial charge in [-0.15, -0.1) is 0 Å². The lowest BCUT2D eigenvalue weighted by molar-refractivity contribution is -0.0755. The van der Waals surface area contributed by atoms with E-state index in [0.29, 0.717) is 19.8 Å². The van der Waals surface area contributed by atoms with Crippen molar-refractivity contribution in [1.29, 1.82) is 0 Å². The fraction of sp³-hybridized carbons (Fsp3) is 1.00. The Hall–Kier alpha value is -0.770. The number of ether oxygens (including phenoxy) is 2. The van der Waals surface area contributed by atoms with Crippen LogP contribution < -0.4 is 0 Å². The third kappa shape index (κ3) is 2.38. The van der Waals surface area contributed by atoms with Crippen molar-refractivity contribution in [2.75, 3.05) is 19.8 Å². The van der Waals surface area contributed by atoms with Gasteiger partial charge < -0.3 is 9.47 Å². The Labute approximate surface area is 64.9 Å². The van der Waals surface area contributed by atoms with Gasteiger partial charge in [0.1, 0.15) is 0 Å². The molecule has 1 aliphatic rings. The average molecular weight is 157 g/mol. The van der Waals surface area contributed by atoms with Gasteiger partial charge in [-0.1, -0.05) is 12.0 Å². The van der Waals surface area contributed by atoms with Crippen LogP contribution in [-0.2, 0) is 9.47 Å². The van der Waals surface area contributed by atoms with Crippen LogP contribution in [0.2, 0.25) is 0 Å². The number of hydrogen-bond acceptors (Lipinski definition) is 3. The molecular formula is C6H11N3O2. The summed E-state index contributed by atoms with van der Waals surface area (Å²) in [7, 11) is 0. The van der Waals surface area contributed by atoms with Gasteiger partial charge in [0.2, 0.25) is 0 Å². The smallest absolute Gasteiger partial charge is 0.160 e. The highest BCUT2D eigenvalue weighted by Gasteiger charge is 2.21. The Kier molecular flexibility index (Phi) is 3.16. The molecule has 0 bridgehead atoms. The van der Waals surface area contributed by atoms with Gasteiger partial charge >= 0.3 is 0 Å². The number of hydrogen-bond donors (Lipinski definition) is 0. The first-order valence-electron chi connectivity index (χ1n) is 3.58. The molecule has 0 aromatic rings. The fourth-order valence-electron chi connectivity index (χ4n) is 0.957. The molecule has 5 nitrogen and oxygen atoms in total. The second-order valence-corrected chi connectivity index (χ2v) is 2.50. The molecule has 0 saturated carbocycles. The van der Waals surface area contributed by atoms with Gasteiger partial charge in [0, 0.05) is 17.4 Å². The molecule has 0 unspecified atom stereocenters. The molecular weight excluding hydrogens is 146 g/mol. The molecule has 0 N–H and O–H groups in total. The summed E-state index contributed by atoms with van der Waals surface area (Å²) in [6.07, 6.45) is -0.180. The zero-order valence-electron chi connectivity index (χ0n) is 6.43. The predicted octanol–water partition coefficient (Wildman–Crippen LogP) is 1.31. The molecule has 1 heterocycles. The number of azide groups is 1. The molecule has 0 aliphatic carbocycles. The van der Waals surface area contributed by atoms with Crippen molar-refractivity contribution in [1.82, 2.24) is 0 Å². The van der Waals surface area contributed by atoms with Crippen molar-refractivity contribution in [3.05, 3.63) is 10.4 Å². The Morgan fingerprint density at radius 1 is 1.64 bits per heavy atom. The van der Waals surface area contributed by atoms with Gasteiger partial charge in [0.25, 0.3) is 0 Å². The van der Waals surface area contributed by atoms with Crippen molar-refractivity contribution < 1.29 is 9.47 Å². The van der Waals surface area contributed by atoms with Crippen LogP contribution in [0.1, 0.15) is 6.92 Å². The van der Waals surface area contributed by atoms with Crippen LogP contribution in [0.3, 0.4) is 0 Å². The first-order chi connectivity index (χ1) is 5.34. The van der Waals surface area contributed by atoms with E-state index in [2.05, 4.69) is 10.0 Å². The minimum atomic E-state index is -0.180. The molecule has 62 valence electrons. The molecule has 0 radical (unpaired) electrons. The second kappa shape index (κ2) is 4.18. The molecule has 1 rings (SSSR count). The van der Waals surface area contributed by atoms with E-state index in [0.717, 1.165) is 0 Å². The third-order valence-corrected chi connectivity index (χ3v) is 1.55. The molecule has 1 fully saturated rings. The van der Waals surface area contributed by atoms with E-state index in [1.54, 1.807) is 0 Å². The summed E-state index contributed by atoms with van der Waals surface area (Å²) < 4.78 is 10.4. The van der Waals surface area contributed by atoms with Gasteiger partial charge in [-0.05, 0) is 5.53 Å². The minimum absolute atomic E-state index is 0.147. The number of nitrogens with zero attached hydrogens (tertiary/aromatic N) is 3. The summed E-state index contributed by atoms with van der Waals surface area (Å²) in [5.74, 6) is 0.147. The van der Waals surface area contributed by atoms with E-state index < -0.39 is 0 Å². The Morgan fingerprint density at radius 2 is 2.27 bits per heavy atom. The SMILES string of the molecule is C[C@H](CN=[N+]=[N-])C1OCCO1. The van der Waals surface area contributed by atoms with Gasteiger partial charge in [-0.25, -0.2) is 0 Å². The zero-order chi connectivity index (χ0) is 8.10. The minimum Gasteiger partial charge on any atom is -0.350 e. The topological polar surface area (TPSA) is 67.2 Å². The van der Waals surface area contributed by atoms with Crippen molar-refractivity contribution in [2.45, 2.75) is 13.2 Å². The average Bonchev–Trinajstić information content (AvgIpc) is 2.52. The van der Waals surface area contributed by atoms with E-state index in [1.807, 2.05) is 6.92 Å². The lowest BCUT2D eigenvalue weighted by Gasteiger charge is -2.14. The highest BCUT2D eigenvalue weighted by Crippen LogP contribution is 2.14. The fourth-order valence-corrected chi connectivity index (χ4v) is 0.957. The van der Waals surface area contributed by atoms with Crippen LogP contribution in [0.5, 0.6) is 0 Å². The molecule has 0 amide bonds. The van der Waals surface area contributed by atoms with Gasteiger partial charge in [-0.3, -0.25) is 0 Å². The van der Waals surface area contributed by atoms with Crippen LogP contribution in [0, 0.1) is 5.92 Å². The first-order valence-corrected chi connectivity index (χ1v) is 3.58. The molecule has 1 aliphatic heterocycles.